The maximum atomic E-state index is 12.9. The van der Waals surface area contributed by atoms with E-state index in [4.69, 9.17) is 8.94 Å². The van der Waals surface area contributed by atoms with Crippen LogP contribution in [0, 0.1) is 13.8 Å². The SMILES string of the molecule is Cc1noc(C)c1CSc1ncccc1C(=O)Nc1ccnn1Cc1ccco1. The second-order valence-corrected chi connectivity index (χ2v) is 7.32. The van der Waals surface area contributed by atoms with Crippen molar-refractivity contribution in [2.75, 3.05) is 5.32 Å². The fourth-order valence-corrected chi connectivity index (χ4v) is 3.97. The smallest absolute Gasteiger partial charge is 0.259 e. The first-order chi connectivity index (χ1) is 14.1. The highest BCUT2D eigenvalue weighted by molar-refractivity contribution is 7.98. The lowest BCUT2D eigenvalue weighted by molar-refractivity contribution is 0.102. The van der Waals surface area contributed by atoms with Crippen LogP contribution < -0.4 is 5.32 Å². The molecule has 8 nitrogen and oxygen atoms in total. The minimum atomic E-state index is -0.249. The summed E-state index contributed by atoms with van der Waals surface area (Å²) in [6.07, 6.45) is 4.91. The standard InChI is InChI=1S/C20H19N5O3S/c1-13-17(14(2)28-24-13)12-29-20-16(6-3-8-21-20)19(26)23-18-7-9-22-25(18)11-15-5-4-10-27-15/h3-10H,11-12H2,1-2H3,(H,23,26). The van der Waals surface area contributed by atoms with Crippen molar-refractivity contribution in [2.24, 2.45) is 0 Å². The molecule has 1 N–H and O–H groups in total. The lowest BCUT2D eigenvalue weighted by Gasteiger charge is -2.10. The molecule has 0 fully saturated rings. The fraction of sp³-hybridized carbons (Fsp3) is 0.200. The molecule has 4 heterocycles. The number of amides is 1. The van der Waals surface area contributed by atoms with E-state index in [2.05, 4.69) is 20.6 Å². The Morgan fingerprint density at radius 1 is 1.21 bits per heavy atom. The number of carbonyl (C=O) groups excluding carboxylic acids is 1. The van der Waals surface area contributed by atoms with Crippen molar-refractivity contribution >= 4 is 23.5 Å². The van der Waals surface area contributed by atoms with Gasteiger partial charge in [-0.1, -0.05) is 5.16 Å². The molecule has 4 aromatic heterocycles. The second-order valence-electron chi connectivity index (χ2n) is 6.36. The molecule has 0 atom stereocenters. The van der Waals surface area contributed by atoms with Gasteiger partial charge in [0.2, 0.25) is 0 Å². The van der Waals surface area contributed by atoms with E-state index >= 15 is 0 Å². The monoisotopic (exact) mass is 409 g/mol. The Balaban J connectivity index is 1.49. The molecule has 0 unspecified atom stereocenters. The Kier molecular flexibility index (Phi) is 5.48. The Morgan fingerprint density at radius 3 is 2.86 bits per heavy atom. The molecule has 0 radical (unpaired) electrons. The predicted molar refractivity (Wildman–Crippen MR) is 108 cm³/mol. The molecule has 9 heteroatoms. The Hall–Kier alpha value is -3.33. The van der Waals surface area contributed by atoms with Gasteiger partial charge in [0.25, 0.3) is 5.91 Å². The van der Waals surface area contributed by atoms with E-state index in [0.29, 0.717) is 28.7 Å². The van der Waals surface area contributed by atoms with Crippen molar-refractivity contribution in [3.8, 4) is 0 Å². The summed E-state index contributed by atoms with van der Waals surface area (Å²) in [7, 11) is 0. The van der Waals surface area contributed by atoms with Gasteiger partial charge in [-0.15, -0.1) is 11.8 Å². The van der Waals surface area contributed by atoms with Crippen LogP contribution in [-0.4, -0.2) is 25.8 Å². The first-order valence-electron chi connectivity index (χ1n) is 8.97. The number of nitrogens with zero attached hydrogens (tertiary/aromatic N) is 4. The number of rotatable bonds is 7. The molecule has 29 heavy (non-hydrogen) atoms. The molecule has 0 aliphatic rings. The van der Waals surface area contributed by atoms with Gasteiger partial charge in [-0.3, -0.25) is 4.79 Å². The molecule has 0 spiro atoms. The average molecular weight is 409 g/mol. The van der Waals surface area contributed by atoms with Gasteiger partial charge >= 0.3 is 0 Å². The number of furan rings is 1. The number of aromatic nitrogens is 4. The summed E-state index contributed by atoms with van der Waals surface area (Å²) in [6, 6.07) is 8.92. The average Bonchev–Trinajstić information content (AvgIpc) is 3.45. The first-order valence-corrected chi connectivity index (χ1v) is 9.95. The van der Waals surface area contributed by atoms with Gasteiger partial charge < -0.3 is 14.3 Å². The summed E-state index contributed by atoms with van der Waals surface area (Å²) in [6.45, 7) is 4.21. The van der Waals surface area contributed by atoms with Gasteiger partial charge in [0, 0.05) is 23.6 Å². The first kappa shape index (κ1) is 19.0. The highest BCUT2D eigenvalue weighted by Gasteiger charge is 2.17. The van der Waals surface area contributed by atoms with Crippen LogP contribution in [0.15, 0.2) is 63.0 Å². The molecular weight excluding hydrogens is 390 g/mol. The van der Waals surface area contributed by atoms with E-state index < -0.39 is 0 Å². The van der Waals surface area contributed by atoms with Crippen LogP contribution in [0.5, 0.6) is 0 Å². The van der Waals surface area contributed by atoms with Crippen LogP contribution in [0.2, 0.25) is 0 Å². The molecule has 0 aliphatic carbocycles. The summed E-state index contributed by atoms with van der Waals surface area (Å²) in [5.74, 6) is 2.48. The lowest BCUT2D eigenvalue weighted by atomic mass is 10.2. The summed E-state index contributed by atoms with van der Waals surface area (Å²) in [4.78, 5) is 17.3. The molecule has 0 saturated heterocycles. The van der Waals surface area contributed by atoms with Gasteiger partial charge in [-0.25, -0.2) is 9.67 Å². The van der Waals surface area contributed by atoms with Crippen molar-refractivity contribution in [3.63, 3.8) is 0 Å². The largest absolute Gasteiger partial charge is 0.467 e. The third-order valence-electron chi connectivity index (χ3n) is 4.39. The minimum absolute atomic E-state index is 0.249. The second kappa shape index (κ2) is 8.36. The van der Waals surface area contributed by atoms with E-state index in [-0.39, 0.29) is 5.91 Å². The Labute approximate surface area is 171 Å². The van der Waals surface area contributed by atoms with Crippen molar-refractivity contribution in [2.45, 2.75) is 31.2 Å². The maximum absolute atomic E-state index is 12.9. The van der Waals surface area contributed by atoms with Crippen LogP contribution in [0.3, 0.4) is 0 Å². The van der Waals surface area contributed by atoms with E-state index in [1.165, 1.54) is 11.8 Å². The Bertz CT molecular complexity index is 1100. The van der Waals surface area contributed by atoms with Crippen LogP contribution in [-0.2, 0) is 12.3 Å². The zero-order chi connectivity index (χ0) is 20.2. The summed E-state index contributed by atoms with van der Waals surface area (Å²) < 4.78 is 12.2. The number of hydrogen-bond donors (Lipinski definition) is 1. The molecule has 4 aromatic rings. The minimum Gasteiger partial charge on any atom is -0.467 e. The molecule has 148 valence electrons. The van der Waals surface area contributed by atoms with Gasteiger partial charge in [-0.05, 0) is 38.1 Å². The molecular formula is C20H19N5O3S. The summed E-state index contributed by atoms with van der Waals surface area (Å²) in [5.41, 5.74) is 2.36. The van der Waals surface area contributed by atoms with Gasteiger partial charge in [0.1, 0.15) is 28.9 Å². The number of pyridine rings is 1. The quantitative estimate of drug-likeness (QED) is 0.459. The Morgan fingerprint density at radius 2 is 2.10 bits per heavy atom. The van der Waals surface area contributed by atoms with Gasteiger partial charge in [0.15, 0.2) is 0 Å². The maximum Gasteiger partial charge on any atom is 0.259 e. The van der Waals surface area contributed by atoms with Crippen molar-refractivity contribution in [1.29, 1.82) is 0 Å². The normalized spacial score (nSPS) is 11.0. The van der Waals surface area contributed by atoms with Gasteiger partial charge in [0.05, 0.1) is 23.7 Å². The van der Waals surface area contributed by atoms with E-state index in [0.717, 1.165) is 22.8 Å². The number of hydrogen-bond acceptors (Lipinski definition) is 7. The van der Waals surface area contributed by atoms with Crippen molar-refractivity contribution < 1.29 is 13.7 Å². The van der Waals surface area contributed by atoms with E-state index in [1.807, 2.05) is 26.0 Å². The van der Waals surface area contributed by atoms with E-state index in [1.54, 1.807) is 41.5 Å². The molecule has 0 aromatic carbocycles. The summed E-state index contributed by atoms with van der Waals surface area (Å²) >= 11 is 1.47. The number of anilines is 1. The zero-order valence-corrected chi connectivity index (χ0v) is 16.8. The molecule has 1 amide bonds. The summed E-state index contributed by atoms with van der Waals surface area (Å²) in [5, 5.41) is 11.8. The van der Waals surface area contributed by atoms with Crippen molar-refractivity contribution in [3.05, 3.63) is 77.3 Å². The fourth-order valence-electron chi connectivity index (χ4n) is 2.83. The van der Waals surface area contributed by atoms with Crippen LogP contribution >= 0.6 is 11.8 Å². The predicted octanol–water partition coefficient (Wildman–Crippen LogP) is 4.07. The molecule has 0 bridgehead atoms. The van der Waals surface area contributed by atoms with Gasteiger partial charge in [-0.2, -0.15) is 5.10 Å². The van der Waals surface area contributed by atoms with Crippen LogP contribution in [0.25, 0.3) is 0 Å². The number of thioether (sulfide) groups is 1. The number of aryl methyl sites for hydroxylation is 2. The van der Waals surface area contributed by atoms with E-state index in [9.17, 15) is 4.79 Å². The zero-order valence-electron chi connectivity index (χ0n) is 16.0. The van der Waals surface area contributed by atoms with Crippen LogP contribution in [0.4, 0.5) is 5.82 Å². The highest BCUT2D eigenvalue weighted by atomic mass is 32.2. The topological polar surface area (TPSA) is 99.0 Å². The van der Waals surface area contributed by atoms with Crippen molar-refractivity contribution in [1.82, 2.24) is 19.9 Å². The molecule has 4 rings (SSSR count). The third-order valence-corrected chi connectivity index (χ3v) is 5.43. The molecule has 0 aliphatic heterocycles. The molecule has 0 saturated carbocycles. The van der Waals surface area contributed by atoms with Crippen LogP contribution in [0.1, 0.15) is 33.1 Å². The lowest BCUT2D eigenvalue weighted by Crippen LogP contribution is -2.17. The number of nitrogens with one attached hydrogen (secondary N) is 1. The highest BCUT2D eigenvalue weighted by Crippen LogP contribution is 2.27. The number of carbonyl (C=O) groups is 1. The third kappa shape index (κ3) is 4.24.